The molecule has 2 N–H and O–H groups in total. The Morgan fingerprint density at radius 3 is 2.43 bits per heavy atom. The van der Waals surface area contributed by atoms with Gasteiger partial charge in [0, 0.05) is 12.4 Å². The first-order chi connectivity index (χ1) is 9.73. The summed E-state index contributed by atoms with van der Waals surface area (Å²) in [5.41, 5.74) is 8.46. The molecule has 0 atom stereocenters. The van der Waals surface area contributed by atoms with Crippen molar-refractivity contribution in [3.8, 4) is 0 Å². The van der Waals surface area contributed by atoms with Gasteiger partial charge in [0.1, 0.15) is 4.90 Å². The zero-order chi connectivity index (χ0) is 15.8. The molecule has 0 saturated heterocycles. The molecule has 0 spiro atoms. The monoisotopic (exact) mass is 325 g/mol. The Balaban J connectivity index is 2.40. The Bertz CT molecular complexity index is 767. The number of thiazole rings is 1. The third-order valence-corrected chi connectivity index (χ3v) is 6.16. The van der Waals surface area contributed by atoms with Crippen LogP contribution in [0.3, 0.4) is 0 Å². The van der Waals surface area contributed by atoms with Crippen LogP contribution in [0.4, 0.5) is 5.69 Å². The molecular formula is C14H19N3O2S2. The van der Waals surface area contributed by atoms with Crippen molar-refractivity contribution in [1.82, 2.24) is 9.29 Å². The highest BCUT2D eigenvalue weighted by molar-refractivity contribution is 7.89. The molecule has 0 amide bonds. The number of hydrogen-bond acceptors (Lipinski definition) is 5. The molecule has 1 heterocycles. The summed E-state index contributed by atoms with van der Waals surface area (Å²) in [6.45, 7) is 5.69. The average molecular weight is 325 g/mol. The summed E-state index contributed by atoms with van der Waals surface area (Å²) in [5.74, 6) is 0. The van der Waals surface area contributed by atoms with Gasteiger partial charge in [-0.3, -0.25) is 0 Å². The van der Waals surface area contributed by atoms with Gasteiger partial charge in [-0.25, -0.2) is 13.4 Å². The van der Waals surface area contributed by atoms with Crippen LogP contribution in [0.1, 0.15) is 21.8 Å². The lowest BCUT2D eigenvalue weighted by Crippen LogP contribution is -2.28. The van der Waals surface area contributed by atoms with Crippen LogP contribution in [0.5, 0.6) is 0 Å². The van der Waals surface area contributed by atoms with Gasteiger partial charge in [0.15, 0.2) is 0 Å². The molecule has 5 nitrogen and oxygen atoms in total. The minimum absolute atomic E-state index is 0.192. The summed E-state index contributed by atoms with van der Waals surface area (Å²) in [4.78, 5) is 4.49. The van der Waals surface area contributed by atoms with Gasteiger partial charge in [0.25, 0.3) is 0 Å². The first-order valence-corrected chi connectivity index (χ1v) is 8.78. The second-order valence-electron chi connectivity index (χ2n) is 5.06. The van der Waals surface area contributed by atoms with E-state index >= 15 is 0 Å². The average Bonchev–Trinajstić information content (AvgIpc) is 2.79. The van der Waals surface area contributed by atoms with Gasteiger partial charge in [-0.15, -0.1) is 11.3 Å². The third-order valence-electron chi connectivity index (χ3n) is 3.33. The number of benzene rings is 1. The van der Waals surface area contributed by atoms with Crippen molar-refractivity contribution >= 4 is 27.0 Å². The van der Waals surface area contributed by atoms with Crippen LogP contribution < -0.4 is 5.73 Å². The smallest absolute Gasteiger partial charge is 0.245 e. The maximum atomic E-state index is 12.8. The van der Waals surface area contributed by atoms with E-state index in [2.05, 4.69) is 4.98 Å². The largest absolute Gasteiger partial charge is 0.397 e. The predicted molar refractivity (Wildman–Crippen MR) is 85.8 cm³/mol. The Morgan fingerprint density at radius 2 is 1.86 bits per heavy atom. The molecule has 0 aliphatic carbocycles. The number of aryl methyl sites for hydroxylation is 3. The molecule has 2 rings (SSSR count). The molecule has 0 saturated carbocycles. The molecule has 0 radical (unpaired) electrons. The zero-order valence-corrected chi connectivity index (χ0v) is 14.2. The second kappa shape index (κ2) is 5.75. The Morgan fingerprint density at radius 1 is 1.24 bits per heavy atom. The van der Waals surface area contributed by atoms with Crippen molar-refractivity contribution in [3.63, 3.8) is 0 Å². The molecule has 1 aromatic carbocycles. The quantitative estimate of drug-likeness (QED) is 0.876. The van der Waals surface area contributed by atoms with E-state index in [0.717, 1.165) is 16.3 Å². The molecule has 2 aromatic rings. The van der Waals surface area contributed by atoms with E-state index in [1.54, 1.807) is 27.0 Å². The molecule has 0 unspecified atom stereocenters. The lowest BCUT2D eigenvalue weighted by Gasteiger charge is -2.20. The van der Waals surface area contributed by atoms with Gasteiger partial charge in [0.05, 0.1) is 22.9 Å². The van der Waals surface area contributed by atoms with Gasteiger partial charge < -0.3 is 5.73 Å². The number of nitrogen functional groups attached to an aromatic ring is 1. The normalized spacial score (nSPS) is 12.0. The first kappa shape index (κ1) is 15.9. The van der Waals surface area contributed by atoms with Crippen LogP contribution in [-0.2, 0) is 16.6 Å². The summed E-state index contributed by atoms with van der Waals surface area (Å²) < 4.78 is 26.8. The number of anilines is 1. The molecule has 1 aromatic heterocycles. The number of rotatable bonds is 4. The molecule has 114 valence electrons. The van der Waals surface area contributed by atoms with Gasteiger partial charge >= 0.3 is 0 Å². The summed E-state index contributed by atoms with van der Waals surface area (Å²) in [5, 5.41) is 2.79. The molecule has 7 heteroatoms. The second-order valence-corrected chi connectivity index (χ2v) is 8.11. The molecule has 0 aliphatic rings. The van der Waals surface area contributed by atoms with E-state index in [9.17, 15) is 8.42 Å². The first-order valence-electron chi connectivity index (χ1n) is 6.46. The number of hydrogen-bond donors (Lipinski definition) is 1. The minimum Gasteiger partial charge on any atom is -0.397 e. The van der Waals surface area contributed by atoms with Crippen LogP contribution >= 0.6 is 11.3 Å². The molecule has 0 fully saturated rings. The van der Waals surface area contributed by atoms with E-state index in [1.807, 2.05) is 18.4 Å². The van der Waals surface area contributed by atoms with Crippen LogP contribution in [0.15, 0.2) is 22.4 Å². The van der Waals surface area contributed by atoms with E-state index in [1.165, 1.54) is 15.6 Å². The summed E-state index contributed by atoms with van der Waals surface area (Å²) in [7, 11) is -2.09. The van der Waals surface area contributed by atoms with Crippen LogP contribution in [0, 0.1) is 20.8 Å². The van der Waals surface area contributed by atoms with Crippen molar-refractivity contribution < 1.29 is 8.42 Å². The fraction of sp³-hybridized carbons (Fsp3) is 0.357. The van der Waals surface area contributed by atoms with Crippen LogP contribution in [0.25, 0.3) is 0 Å². The van der Waals surface area contributed by atoms with Crippen LogP contribution in [-0.4, -0.2) is 24.8 Å². The lowest BCUT2D eigenvalue weighted by molar-refractivity contribution is 0.462. The summed E-state index contributed by atoms with van der Waals surface area (Å²) >= 11 is 1.50. The predicted octanol–water partition coefficient (Wildman–Crippen LogP) is 2.47. The fourth-order valence-corrected chi connectivity index (χ4v) is 4.23. The van der Waals surface area contributed by atoms with Crippen molar-refractivity contribution in [2.45, 2.75) is 32.2 Å². The van der Waals surface area contributed by atoms with E-state index in [-0.39, 0.29) is 11.4 Å². The number of sulfonamides is 1. The van der Waals surface area contributed by atoms with Gasteiger partial charge in [-0.05, 0) is 31.9 Å². The number of aromatic nitrogens is 1. The topological polar surface area (TPSA) is 76.3 Å². The Hall–Kier alpha value is -1.44. The van der Waals surface area contributed by atoms with Crippen molar-refractivity contribution in [2.75, 3.05) is 12.8 Å². The maximum Gasteiger partial charge on any atom is 0.245 e. The highest BCUT2D eigenvalue weighted by Gasteiger charge is 2.26. The zero-order valence-electron chi connectivity index (χ0n) is 12.5. The summed E-state index contributed by atoms with van der Waals surface area (Å²) in [6, 6.07) is 3.60. The Kier molecular flexibility index (Phi) is 4.36. The maximum absolute atomic E-state index is 12.8. The van der Waals surface area contributed by atoms with Gasteiger partial charge in [-0.2, -0.15) is 4.31 Å². The summed E-state index contributed by atoms with van der Waals surface area (Å²) in [6.07, 6.45) is 0. The van der Waals surface area contributed by atoms with Gasteiger partial charge in [-0.1, -0.05) is 12.1 Å². The number of nitrogens with zero attached hydrogens (tertiary/aromatic N) is 2. The number of nitrogens with two attached hydrogens (primary N) is 1. The van der Waals surface area contributed by atoms with Crippen molar-refractivity contribution in [2.24, 2.45) is 0 Å². The molecule has 0 bridgehead atoms. The highest BCUT2D eigenvalue weighted by Crippen LogP contribution is 2.29. The SMILES string of the molecule is Cc1nc(CN(C)S(=O)(=O)c2c(C)ccc(C)c2N)cs1. The molecule has 21 heavy (non-hydrogen) atoms. The molecule has 0 aliphatic heterocycles. The van der Waals surface area contributed by atoms with E-state index < -0.39 is 10.0 Å². The highest BCUT2D eigenvalue weighted by atomic mass is 32.2. The van der Waals surface area contributed by atoms with Gasteiger partial charge in [0.2, 0.25) is 10.0 Å². The minimum atomic E-state index is -3.64. The van der Waals surface area contributed by atoms with E-state index in [0.29, 0.717) is 11.3 Å². The third kappa shape index (κ3) is 3.09. The fourth-order valence-electron chi connectivity index (χ4n) is 2.10. The van der Waals surface area contributed by atoms with Crippen molar-refractivity contribution in [3.05, 3.63) is 39.3 Å². The van der Waals surface area contributed by atoms with E-state index in [4.69, 9.17) is 5.73 Å². The lowest BCUT2D eigenvalue weighted by atomic mass is 10.1. The van der Waals surface area contributed by atoms with Crippen LogP contribution in [0.2, 0.25) is 0 Å². The Labute approximate surface area is 129 Å². The molecular weight excluding hydrogens is 306 g/mol. The standard InChI is InChI=1S/C14H19N3O2S2/c1-9-5-6-10(2)14(13(9)15)21(18,19)17(4)7-12-8-20-11(3)16-12/h5-6,8H,7,15H2,1-4H3. The van der Waals surface area contributed by atoms with Crippen molar-refractivity contribution in [1.29, 1.82) is 0 Å².